The van der Waals surface area contributed by atoms with E-state index in [2.05, 4.69) is 5.32 Å². The number of aryl methyl sites for hydroxylation is 1. The number of rotatable bonds is 12. The first-order valence-electron chi connectivity index (χ1n) is 13.2. The number of carbonyl (C=O) groups is 2. The van der Waals surface area contributed by atoms with E-state index in [1.165, 1.54) is 17.0 Å². The van der Waals surface area contributed by atoms with E-state index in [4.69, 9.17) is 23.2 Å². The number of nitrogens with one attached hydrogen (secondary N) is 1. The van der Waals surface area contributed by atoms with Gasteiger partial charge in [0.15, 0.2) is 0 Å². The standard InChI is InChI=1S/C30H35Cl2N3O4S/c1-5-22(4)33-30(37)28(6-2)34(19-23-9-11-24(31)12-10-23)29(36)20-35(26-15-13-25(32)14-16-26)40(38,39)27-17-7-21(3)8-18-27/h7-18,22,28H,5-6,19-20H2,1-4H3,(H,33,37). The molecule has 0 radical (unpaired) electrons. The molecule has 214 valence electrons. The van der Waals surface area contributed by atoms with Crippen LogP contribution in [-0.4, -0.2) is 43.8 Å². The quantitative estimate of drug-likeness (QED) is 0.266. The van der Waals surface area contributed by atoms with E-state index in [1.54, 1.807) is 60.7 Å². The second-order valence-corrected chi connectivity index (χ2v) is 12.4. The number of amides is 2. The zero-order valence-electron chi connectivity index (χ0n) is 23.1. The predicted molar refractivity (Wildman–Crippen MR) is 161 cm³/mol. The molecule has 0 saturated carbocycles. The van der Waals surface area contributed by atoms with E-state index in [0.717, 1.165) is 21.9 Å². The Morgan fingerprint density at radius 1 is 0.850 bits per heavy atom. The maximum atomic E-state index is 14.0. The van der Waals surface area contributed by atoms with Crippen LogP contribution in [0.4, 0.5) is 5.69 Å². The lowest BCUT2D eigenvalue weighted by Gasteiger charge is -2.33. The summed E-state index contributed by atoms with van der Waals surface area (Å²) in [4.78, 5) is 28.8. The summed E-state index contributed by atoms with van der Waals surface area (Å²) in [6.07, 6.45) is 1.07. The summed E-state index contributed by atoms with van der Waals surface area (Å²) in [5.74, 6) is -0.815. The van der Waals surface area contributed by atoms with E-state index in [9.17, 15) is 18.0 Å². The van der Waals surface area contributed by atoms with Gasteiger partial charge in [0.1, 0.15) is 12.6 Å². The number of hydrogen-bond acceptors (Lipinski definition) is 4. The molecule has 3 aromatic carbocycles. The van der Waals surface area contributed by atoms with Gasteiger partial charge in [0.2, 0.25) is 11.8 Å². The minimum atomic E-state index is -4.14. The Balaban J connectivity index is 2.04. The van der Waals surface area contributed by atoms with Crippen LogP contribution < -0.4 is 9.62 Å². The van der Waals surface area contributed by atoms with Gasteiger partial charge in [-0.15, -0.1) is 0 Å². The van der Waals surface area contributed by atoms with Crippen LogP contribution in [0.15, 0.2) is 77.7 Å². The summed E-state index contributed by atoms with van der Waals surface area (Å²) in [6.45, 7) is 7.12. The van der Waals surface area contributed by atoms with E-state index >= 15 is 0 Å². The van der Waals surface area contributed by atoms with Crippen molar-refractivity contribution in [1.29, 1.82) is 0 Å². The Bertz CT molecular complexity index is 1400. The molecule has 2 amide bonds. The maximum Gasteiger partial charge on any atom is 0.264 e. The Labute approximate surface area is 247 Å². The molecule has 0 aliphatic rings. The molecule has 0 aromatic heterocycles. The summed E-state index contributed by atoms with van der Waals surface area (Å²) in [5, 5.41) is 3.94. The minimum absolute atomic E-state index is 0.0478. The van der Waals surface area contributed by atoms with Crippen LogP contribution in [0.3, 0.4) is 0 Å². The summed E-state index contributed by atoms with van der Waals surface area (Å²) in [6, 6.07) is 18.8. The number of sulfonamides is 1. The smallest absolute Gasteiger partial charge is 0.264 e. The molecule has 3 aromatic rings. The number of halogens is 2. The van der Waals surface area contributed by atoms with E-state index in [0.29, 0.717) is 16.5 Å². The SMILES string of the molecule is CCC(C)NC(=O)C(CC)N(Cc1ccc(Cl)cc1)C(=O)CN(c1ccc(Cl)cc1)S(=O)(=O)c1ccc(C)cc1. The van der Waals surface area contributed by atoms with Gasteiger partial charge in [-0.2, -0.15) is 0 Å². The summed E-state index contributed by atoms with van der Waals surface area (Å²) < 4.78 is 28.8. The molecular weight excluding hydrogens is 569 g/mol. The van der Waals surface area contributed by atoms with Crippen molar-refractivity contribution in [3.63, 3.8) is 0 Å². The molecule has 3 rings (SSSR count). The lowest BCUT2D eigenvalue weighted by atomic mass is 10.1. The van der Waals surface area contributed by atoms with Gasteiger partial charge < -0.3 is 10.2 Å². The largest absolute Gasteiger partial charge is 0.352 e. The van der Waals surface area contributed by atoms with Crippen molar-refractivity contribution in [3.05, 3.63) is 94.0 Å². The van der Waals surface area contributed by atoms with Crippen molar-refractivity contribution in [2.24, 2.45) is 0 Å². The normalized spacial score (nSPS) is 12.8. The molecule has 1 N–H and O–H groups in total. The lowest BCUT2D eigenvalue weighted by Crippen LogP contribution is -2.53. The van der Waals surface area contributed by atoms with E-state index in [-0.39, 0.29) is 29.1 Å². The van der Waals surface area contributed by atoms with Gasteiger partial charge in [-0.3, -0.25) is 13.9 Å². The Kier molecular flexibility index (Phi) is 11.0. The fraction of sp³-hybridized carbons (Fsp3) is 0.333. The average Bonchev–Trinajstić information content (AvgIpc) is 2.93. The molecule has 0 saturated heterocycles. The molecule has 0 fully saturated rings. The maximum absolute atomic E-state index is 14.0. The summed E-state index contributed by atoms with van der Waals surface area (Å²) >= 11 is 12.1. The van der Waals surface area contributed by atoms with Gasteiger partial charge in [-0.1, -0.05) is 66.9 Å². The van der Waals surface area contributed by atoms with Crippen LogP contribution in [0.25, 0.3) is 0 Å². The Morgan fingerprint density at radius 2 is 1.40 bits per heavy atom. The number of benzene rings is 3. The molecule has 0 spiro atoms. The fourth-order valence-electron chi connectivity index (χ4n) is 4.12. The summed E-state index contributed by atoms with van der Waals surface area (Å²) in [7, 11) is -4.14. The van der Waals surface area contributed by atoms with Crippen molar-refractivity contribution in [2.45, 2.75) is 64.1 Å². The van der Waals surface area contributed by atoms with Gasteiger partial charge >= 0.3 is 0 Å². The van der Waals surface area contributed by atoms with Crippen LogP contribution >= 0.6 is 23.2 Å². The van der Waals surface area contributed by atoms with Crippen LogP contribution in [0, 0.1) is 6.92 Å². The number of anilines is 1. The van der Waals surface area contributed by atoms with Gasteiger partial charge in [-0.25, -0.2) is 8.42 Å². The number of carbonyl (C=O) groups excluding carboxylic acids is 2. The molecular formula is C30H35Cl2N3O4S. The van der Waals surface area contributed by atoms with E-state index in [1.807, 2.05) is 27.7 Å². The van der Waals surface area contributed by atoms with Crippen LogP contribution in [0.1, 0.15) is 44.7 Å². The highest BCUT2D eigenvalue weighted by molar-refractivity contribution is 7.92. The van der Waals surface area contributed by atoms with Gasteiger partial charge in [0.25, 0.3) is 10.0 Å². The van der Waals surface area contributed by atoms with Crippen molar-refractivity contribution in [1.82, 2.24) is 10.2 Å². The third kappa shape index (κ3) is 7.99. The number of hydrogen-bond donors (Lipinski definition) is 1. The van der Waals surface area contributed by atoms with Crippen molar-refractivity contribution < 1.29 is 18.0 Å². The Hall–Kier alpha value is -3.07. The predicted octanol–water partition coefficient (Wildman–Crippen LogP) is 6.22. The Morgan fingerprint density at radius 3 is 1.93 bits per heavy atom. The molecule has 2 atom stereocenters. The highest BCUT2D eigenvalue weighted by Crippen LogP contribution is 2.26. The molecule has 0 aliphatic heterocycles. The third-order valence-corrected chi connectivity index (χ3v) is 8.95. The molecule has 40 heavy (non-hydrogen) atoms. The average molecular weight is 605 g/mol. The van der Waals surface area contributed by atoms with Gasteiger partial charge in [0.05, 0.1) is 10.6 Å². The van der Waals surface area contributed by atoms with Gasteiger partial charge in [-0.05, 0) is 80.8 Å². The zero-order chi connectivity index (χ0) is 29.4. The first-order valence-corrected chi connectivity index (χ1v) is 15.3. The first kappa shape index (κ1) is 31.5. The molecule has 2 unspecified atom stereocenters. The van der Waals surface area contributed by atoms with Gasteiger partial charge in [0, 0.05) is 22.6 Å². The lowest BCUT2D eigenvalue weighted by molar-refractivity contribution is -0.140. The zero-order valence-corrected chi connectivity index (χ0v) is 25.4. The fourth-order valence-corrected chi connectivity index (χ4v) is 5.79. The van der Waals surface area contributed by atoms with Crippen LogP contribution in [0.5, 0.6) is 0 Å². The molecule has 0 aliphatic carbocycles. The second-order valence-electron chi connectivity index (χ2n) is 9.69. The molecule has 0 bridgehead atoms. The molecule has 10 heteroatoms. The van der Waals surface area contributed by atoms with Crippen molar-refractivity contribution in [3.8, 4) is 0 Å². The molecule has 0 heterocycles. The first-order chi connectivity index (χ1) is 19.0. The van der Waals surface area contributed by atoms with E-state index < -0.39 is 28.5 Å². The van der Waals surface area contributed by atoms with Crippen molar-refractivity contribution >= 4 is 50.7 Å². The highest BCUT2D eigenvalue weighted by Gasteiger charge is 2.34. The van der Waals surface area contributed by atoms with Crippen molar-refractivity contribution in [2.75, 3.05) is 10.8 Å². The monoisotopic (exact) mass is 603 g/mol. The molecule has 7 nitrogen and oxygen atoms in total. The highest BCUT2D eigenvalue weighted by atomic mass is 35.5. The topological polar surface area (TPSA) is 86.8 Å². The second kappa shape index (κ2) is 14.0. The minimum Gasteiger partial charge on any atom is -0.352 e. The van der Waals surface area contributed by atoms with Crippen LogP contribution in [-0.2, 0) is 26.2 Å². The van der Waals surface area contributed by atoms with Crippen LogP contribution in [0.2, 0.25) is 10.0 Å². The third-order valence-electron chi connectivity index (χ3n) is 6.66. The summed E-state index contributed by atoms with van der Waals surface area (Å²) in [5.41, 5.74) is 1.94. The number of nitrogens with zero attached hydrogens (tertiary/aromatic N) is 2.